The Morgan fingerprint density at radius 2 is 2.22 bits per heavy atom. The molecule has 1 atom stereocenters. The summed E-state index contributed by atoms with van der Waals surface area (Å²) in [5.41, 5.74) is 0.899. The van der Waals surface area contributed by atoms with E-state index in [2.05, 4.69) is 18.8 Å². The molecule has 1 N–H and O–H groups in total. The third kappa shape index (κ3) is 4.46. The fraction of sp³-hybridized carbons (Fsp3) is 0.550. The highest BCUT2D eigenvalue weighted by atomic mass is 32.2. The van der Waals surface area contributed by atoms with E-state index in [1.54, 1.807) is 22.0 Å². The van der Waals surface area contributed by atoms with Crippen LogP contribution in [0.25, 0.3) is 10.2 Å². The molecule has 0 bridgehead atoms. The Labute approximate surface area is 168 Å². The summed E-state index contributed by atoms with van der Waals surface area (Å²) >= 11 is 2.95. The highest BCUT2D eigenvalue weighted by Crippen LogP contribution is 2.36. The van der Waals surface area contributed by atoms with Gasteiger partial charge in [-0.25, -0.2) is 4.98 Å². The minimum atomic E-state index is -0.278. The number of fused-ring (bicyclic) bond motifs is 3. The van der Waals surface area contributed by atoms with Gasteiger partial charge in [0.2, 0.25) is 5.91 Å². The molecule has 0 saturated heterocycles. The number of hydrogen-bond acceptors (Lipinski definition) is 5. The third-order valence-electron chi connectivity index (χ3n) is 4.54. The second-order valence-corrected chi connectivity index (χ2v) is 10.2. The lowest BCUT2D eigenvalue weighted by Gasteiger charge is -2.20. The maximum absolute atomic E-state index is 13.2. The van der Waals surface area contributed by atoms with Gasteiger partial charge < -0.3 is 5.32 Å². The van der Waals surface area contributed by atoms with Crippen molar-refractivity contribution < 1.29 is 4.79 Å². The number of allylic oxidation sites excluding steroid dienone is 1. The Bertz CT molecular complexity index is 937. The summed E-state index contributed by atoms with van der Waals surface area (Å²) in [4.78, 5) is 32.2. The summed E-state index contributed by atoms with van der Waals surface area (Å²) in [5.74, 6) is 0.816. The number of aromatic nitrogens is 2. The summed E-state index contributed by atoms with van der Waals surface area (Å²) in [5, 5.41) is 4.30. The maximum atomic E-state index is 13.2. The van der Waals surface area contributed by atoms with Gasteiger partial charge in [0.05, 0.1) is 11.1 Å². The van der Waals surface area contributed by atoms with Gasteiger partial charge in [0.1, 0.15) is 4.83 Å². The van der Waals surface area contributed by atoms with E-state index < -0.39 is 0 Å². The van der Waals surface area contributed by atoms with E-state index in [-0.39, 0.29) is 22.8 Å². The van der Waals surface area contributed by atoms with Crippen LogP contribution in [0.3, 0.4) is 0 Å². The first-order valence-electron chi connectivity index (χ1n) is 9.29. The van der Waals surface area contributed by atoms with Crippen LogP contribution in [0.1, 0.15) is 44.6 Å². The standard InChI is InChI=1S/C20H27N3O2S2/c1-6-9-23-18(25)16-13-8-7-12(2)10-14(13)27-17(16)21-19(23)26-11-15(24)22-20(3,4)5/h6,12H,1,7-11H2,2-5H3,(H,22,24)/t12-/m1/s1. The summed E-state index contributed by atoms with van der Waals surface area (Å²) in [6.45, 7) is 12.3. The van der Waals surface area contributed by atoms with E-state index in [1.807, 2.05) is 20.8 Å². The SMILES string of the molecule is C=CCn1c(SCC(=O)NC(C)(C)C)nc2sc3c(c2c1=O)CC[C@@H](C)C3. The average Bonchev–Trinajstić information content (AvgIpc) is 2.91. The first-order valence-corrected chi connectivity index (χ1v) is 11.1. The molecule has 2 aromatic rings. The van der Waals surface area contributed by atoms with Gasteiger partial charge in [0.25, 0.3) is 5.56 Å². The molecule has 0 aliphatic heterocycles. The fourth-order valence-electron chi connectivity index (χ4n) is 3.39. The Kier molecular flexibility index (Phi) is 5.82. The van der Waals surface area contributed by atoms with Crippen LogP contribution in [0.5, 0.6) is 0 Å². The number of thiophene rings is 1. The molecular formula is C20H27N3O2S2. The Morgan fingerprint density at radius 3 is 2.89 bits per heavy atom. The minimum absolute atomic E-state index is 0.00863. The van der Waals surface area contributed by atoms with E-state index in [1.165, 1.54) is 22.2 Å². The molecule has 1 aliphatic carbocycles. The van der Waals surface area contributed by atoms with E-state index in [0.717, 1.165) is 29.5 Å². The molecule has 0 fully saturated rings. The van der Waals surface area contributed by atoms with E-state index in [0.29, 0.717) is 17.6 Å². The molecule has 3 rings (SSSR count). The number of amides is 1. The zero-order chi connectivity index (χ0) is 19.8. The number of rotatable bonds is 5. The largest absolute Gasteiger partial charge is 0.351 e. The first-order chi connectivity index (χ1) is 12.7. The van der Waals surface area contributed by atoms with Crippen molar-refractivity contribution in [3.8, 4) is 0 Å². The van der Waals surface area contributed by atoms with Crippen molar-refractivity contribution in [1.29, 1.82) is 0 Å². The zero-order valence-corrected chi connectivity index (χ0v) is 18.1. The van der Waals surface area contributed by atoms with Crippen LogP contribution in [-0.2, 0) is 24.2 Å². The number of hydrogen-bond donors (Lipinski definition) is 1. The van der Waals surface area contributed by atoms with Gasteiger partial charge >= 0.3 is 0 Å². The zero-order valence-electron chi connectivity index (χ0n) is 16.4. The summed E-state index contributed by atoms with van der Waals surface area (Å²) in [6.07, 6.45) is 4.79. The molecule has 5 nitrogen and oxygen atoms in total. The van der Waals surface area contributed by atoms with Crippen molar-refractivity contribution in [2.75, 3.05) is 5.75 Å². The van der Waals surface area contributed by atoms with Gasteiger partial charge in [0, 0.05) is 17.0 Å². The van der Waals surface area contributed by atoms with Crippen LogP contribution >= 0.6 is 23.1 Å². The molecule has 27 heavy (non-hydrogen) atoms. The summed E-state index contributed by atoms with van der Waals surface area (Å²) < 4.78 is 1.65. The second-order valence-electron chi connectivity index (χ2n) is 8.22. The lowest BCUT2D eigenvalue weighted by Crippen LogP contribution is -2.41. The normalized spacial score (nSPS) is 17.0. The smallest absolute Gasteiger partial charge is 0.263 e. The van der Waals surface area contributed by atoms with E-state index >= 15 is 0 Å². The summed E-state index contributed by atoms with van der Waals surface area (Å²) in [6, 6.07) is 0. The maximum Gasteiger partial charge on any atom is 0.263 e. The van der Waals surface area contributed by atoms with Gasteiger partial charge in [-0.1, -0.05) is 24.8 Å². The van der Waals surface area contributed by atoms with Gasteiger partial charge in [-0.2, -0.15) is 0 Å². The molecule has 0 saturated carbocycles. The van der Waals surface area contributed by atoms with Crippen molar-refractivity contribution in [2.24, 2.45) is 5.92 Å². The second kappa shape index (κ2) is 7.80. The number of thioether (sulfide) groups is 1. The monoisotopic (exact) mass is 405 g/mol. The van der Waals surface area contributed by atoms with Gasteiger partial charge in [-0.15, -0.1) is 17.9 Å². The molecule has 7 heteroatoms. The first kappa shape index (κ1) is 20.1. The Morgan fingerprint density at radius 1 is 1.48 bits per heavy atom. The van der Waals surface area contributed by atoms with Crippen molar-refractivity contribution in [1.82, 2.24) is 14.9 Å². The number of carbonyl (C=O) groups is 1. The molecule has 0 unspecified atom stereocenters. The van der Waals surface area contributed by atoms with Crippen molar-refractivity contribution in [2.45, 2.75) is 64.2 Å². The topological polar surface area (TPSA) is 64.0 Å². The highest BCUT2D eigenvalue weighted by Gasteiger charge is 2.25. The molecule has 2 heterocycles. The average molecular weight is 406 g/mol. The lowest BCUT2D eigenvalue weighted by molar-refractivity contribution is -0.119. The number of nitrogens with one attached hydrogen (secondary N) is 1. The van der Waals surface area contributed by atoms with Crippen molar-refractivity contribution in [3.63, 3.8) is 0 Å². The number of aryl methyl sites for hydroxylation is 1. The predicted octanol–water partition coefficient (Wildman–Crippen LogP) is 3.78. The van der Waals surface area contributed by atoms with Gasteiger partial charge in [-0.05, 0) is 51.5 Å². The van der Waals surface area contributed by atoms with Crippen LogP contribution in [-0.4, -0.2) is 26.8 Å². The van der Waals surface area contributed by atoms with Crippen molar-refractivity contribution >= 4 is 39.2 Å². The van der Waals surface area contributed by atoms with E-state index in [9.17, 15) is 9.59 Å². The molecule has 0 spiro atoms. The lowest BCUT2D eigenvalue weighted by atomic mass is 9.89. The summed E-state index contributed by atoms with van der Waals surface area (Å²) in [7, 11) is 0. The molecule has 0 aromatic carbocycles. The van der Waals surface area contributed by atoms with Crippen molar-refractivity contribution in [3.05, 3.63) is 33.4 Å². The predicted molar refractivity (Wildman–Crippen MR) is 114 cm³/mol. The van der Waals surface area contributed by atoms with Gasteiger partial charge in [0.15, 0.2) is 5.16 Å². The van der Waals surface area contributed by atoms with Gasteiger partial charge in [-0.3, -0.25) is 14.2 Å². The van der Waals surface area contributed by atoms with Crippen LogP contribution in [0.4, 0.5) is 0 Å². The minimum Gasteiger partial charge on any atom is -0.351 e. The molecule has 1 aliphatic rings. The number of nitrogens with zero attached hydrogens (tertiary/aromatic N) is 2. The van der Waals surface area contributed by atoms with Crippen LogP contribution < -0.4 is 10.9 Å². The Balaban J connectivity index is 1.97. The van der Waals surface area contributed by atoms with Crippen LogP contribution in [0.15, 0.2) is 22.6 Å². The highest BCUT2D eigenvalue weighted by molar-refractivity contribution is 7.99. The molecule has 146 valence electrons. The molecular weight excluding hydrogens is 378 g/mol. The van der Waals surface area contributed by atoms with E-state index in [4.69, 9.17) is 4.98 Å². The fourth-order valence-corrected chi connectivity index (χ4v) is 5.62. The Hall–Kier alpha value is -1.60. The number of carbonyl (C=O) groups excluding carboxylic acids is 1. The molecule has 1 amide bonds. The molecule has 2 aromatic heterocycles. The van der Waals surface area contributed by atoms with Crippen LogP contribution in [0.2, 0.25) is 0 Å². The van der Waals surface area contributed by atoms with Crippen LogP contribution in [0, 0.1) is 5.92 Å². The quantitative estimate of drug-likeness (QED) is 0.467. The molecule has 0 radical (unpaired) electrons. The third-order valence-corrected chi connectivity index (χ3v) is 6.66.